The Kier molecular flexibility index (Phi) is 10.7. The van der Waals surface area contributed by atoms with Gasteiger partial charge in [0.1, 0.15) is 0 Å². The van der Waals surface area contributed by atoms with Crippen molar-refractivity contribution in [3.05, 3.63) is 0 Å². The van der Waals surface area contributed by atoms with Gasteiger partial charge in [-0.25, -0.2) is 0 Å². The van der Waals surface area contributed by atoms with E-state index in [4.69, 9.17) is 11.6 Å². The van der Waals surface area contributed by atoms with Crippen molar-refractivity contribution in [3.8, 4) is 0 Å². The van der Waals surface area contributed by atoms with Gasteiger partial charge in [0.25, 0.3) is 0 Å². The summed E-state index contributed by atoms with van der Waals surface area (Å²) in [5.74, 6) is 0.815. The van der Waals surface area contributed by atoms with Crippen LogP contribution in [0.5, 0.6) is 0 Å². The fourth-order valence-corrected chi connectivity index (χ4v) is 1.99. The zero-order valence-corrected chi connectivity index (χ0v) is 12.3. The molecule has 0 saturated carbocycles. The van der Waals surface area contributed by atoms with Crippen molar-refractivity contribution in [1.29, 1.82) is 0 Å². The zero-order chi connectivity index (χ0) is 13.1. The first-order valence-electron chi connectivity index (χ1n) is 6.75. The molecule has 0 rings (SSSR count). The first kappa shape index (κ1) is 16.7. The topological polar surface area (TPSA) is 23.6 Å². The van der Waals surface area contributed by atoms with Crippen LogP contribution in [0.1, 0.15) is 40.0 Å². The second-order valence-corrected chi connectivity index (χ2v) is 4.52. The van der Waals surface area contributed by atoms with Crippen molar-refractivity contribution in [2.45, 2.75) is 40.0 Å². The van der Waals surface area contributed by atoms with Gasteiger partial charge in [0.05, 0.1) is 0 Å². The maximum atomic E-state index is 11.8. The summed E-state index contributed by atoms with van der Waals surface area (Å²) in [5, 5.41) is 0. The number of nitrogens with zero attached hydrogens (tertiary/aromatic N) is 2. The van der Waals surface area contributed by atoms with Gasteiger partial charge in [0.15, 0.2) is 0 Å². The van der Waals surface area contributed by atoms with E-state index in [1.807, 2.05) is 11.8 Å². The van der Waals surface area contributed by atoms with E-state index in [0.29, 0.717) is 12.3 Å². The maximum absolute atomic E-state index is 11.8. The summed E-state index contributed by atoms with van der Waals surface area (Å²) in [5.41, 5.74) is 0. The van der Waals surface area contributed by atoms with E-state index in [1.54, 1.807) is 0 Å². The lowest BCUT2D eigenvalue weighted by molar-refractivity contribution is -0.131. The van der Waals surface area contributed by atoms with Crippen LogP contribution >= 0.6 is 11.6 Å². The van der Waals surface area contributed by atoms with Crippen molar-refractivity contribution in [3.63, 3.8) is 0 Å². The number of carbonyl (C=O) groups excluding carboxylic acids is 1. The summed E-state index contributed by atoms with van der Waals surface area (Å²) in [4.78, 5) is 16.1. The Morgan fingerprint density at radius 2 is 1.65 bits per heavy atom. The van der Waals surface area contributed by atoms with Gasteiger partial charge in [-0.05, 0) is 39.4 Å². The summed E-state index contributed by atoms with van der Waals surface area (Å²) < 4.78 is 0. The van der Waals surface area contributed by atoms with Crippen LogP contribution < -0.4 is 0 Å². The smallest absolute Gasteiger partial charge is 0.222 e. The molecule has 0 radical (unpaired) electrons. The molecule has 3 nitrogen and oxygen atoms in total. The fraction of sp³-hybridized carbons (Fsp3) is 0.923. The van der Waals surface area contributed by atoms with Gasteiger partial charge in [-0.15, -0.1) is 11.6 Å². The lowest BCUT2D eigenvalue weighted by Gasteiger charge is -2.23. The monoisotopic (exact) mass is 262 g/mol. The minimum Gasteiger partial charge on any atom is -0.343 e. The quantitative estimate of drug-likeness (QED) is 0.565. The second kappa shape index (κ2) is 10.8. The molecule has 0 spiro atoms. The highest BCUT2D eigenvalue weighted by Crippen LogP contribution is 2.01. The zero-order valence-electron chi connectivity index (χ0n) is 11.5. The Bertz CT molecular complexity index is 196. The molecule has 0 N–H and O–H groups in total. The molecule has 0 fully saturated rings. The molecule has 0 atom stereocenters. The molecule has 0 heterocycles. The van der Waals surface area contributed by atoms with Gasteiger partial charge in [0.2, 0.25) is 5.91 Å². The Morgan fingerprint density at radius 3 is 2.12 bits per heavy atom. The van der Waals surface area contributed by atoms with Crippen LogP contribution in [0.15, 0.2) is 0 Å². The van der Waals surface area contributed by atoms with Crippen LogP contribution in [0, 0.1) is 0 Å². The molecule has 1 amide bonds. The van der Waals surface area contributed by atoms with Crippen molar-refractivity contribution in [2.75, 3.05) is 38.6 Å². The minimum absolute atomic E-state index is 0.243. The fourth-order valence-electron chi connectivity index (χ4n) is 1.86. The maximum Gasteiger partial charge on any atom is 0.222 e. The number of alkyl halides is 1. The highest BCUT2D eigenvalue weighted by atomic mass is 35.5. The third-order valence-electron chi connectivity index (χ3n) is 3.06. The summed E-state index contributed by atoms with van der Waals surface area (Å²) in [7, 11) is 0. The first-order chi connectivity index (χ1) is 8.19. The number of amides is 1. The van der Waals surface area contributed by atoms with E-state index < -0.39 is 0 Å². The molecule has 0 bridgehead atoms. The first-order valence-corrected chi connectivity index (χ1v) is 7.29. The van der Waals surface area contributed by atoms with Crippen molar-refractivity contribution >= 4 is 17.5 Å². The molecule has 102 valence electrons. The van der Waals surface area contributed by atoms with E-state index in [2.05, 4.69) is 18.7 Å². The summed E-state index contributed by atoms with van der Waals surface area (Å²) in [6.45, 7) is 11.3. The van der Waals surface area contributed by atoms with Crippen molar-refractivity contribution in [2.24, 2.45) is 0 Å². The van der Waals surface area contributed by atoms with Crippen LogP contribution in [-0.2, 0) is 4.79 Å². The summed E-state index contributed by atoms with van der Waals surface area (Å²) in [6, 6.07) is 0. The molecule has 0 aliphatic carbocycles. The molecule has 0 aromatic heterocycles. The number of rotatable bonds is 10. The number of hydrogen-bond acceptors (Lipinski definition) is 2. The lowest BCUT2D eigenvalue weighted by atomic mass is 10.2. The number of carbonyl (C=O) groups is 1. The van der Waals surface area contributed by atoms with Crippen LogP contribution in [0.2, 0.25) is 0 Å². The van der Waals surface area contributed by atoms with Crippen molar-refractivity contribution < 1.29 is 4.79 Å². The summed E-state index contributed by atoms with van der Waals surface area (Å²) in [6.07, 6.45) is 2.43. The van der Waals surface area contributed by atoms with E-state index in [0.717, 1.165) is 45.6 Å². The van der Waals surface area contributed by atoms with Crippen LogP contribution in [0.3, 0.4) is 0 Å². The third kappa shape index (κ3) is 7.61. The van der Waals surface area contributed by atoms with Crippen molar-refractivity contribution in [1.82, 2.24) is 9.80 Å². The largest absolute Gasteiger partial charge is 0.343 e. The van der Waals surface area contributed by atoms with E-state index in [-0.39, 0.29) is 5.91 Å². The Hall–Kier alpha value is -0.280. The van der Waals surface area contributed by atoms with E-state index in [1.165, 1.54) is 0 Å². The number of halogens is 1. The minimum atomic E-state index is 0.243. The second-order valence-electron chi connectivity index (χ2n) is 4.15. The van der Waals surface area contributed by atoms with Gasteiger partial charge in [-0.3, -0.25) is 4.79 Å². The van der Waals surface area contributed by atoms with Gasteiger partial charge in [0, 0.05) is 25.4 Å². The van der Waals surface area contributed by atoms with E-state index in [9.17, 15) is 4.79 Å². The lowest BCUT2D eigenvalue weighted by Crippen LogP contribution is -2.34. The molecule has 0 aliphatic heterocycles. The normalized spacial score (nSPS) is 10.9. The molecule has 0 aliphatic rings. The van der Waals surface area contributed by atoms with E-state index >= 15 is 0 Å². The van der Waals surface area contributed by atoms with Crippen LogP contribution in [0.4, 0.5) is 0 Å². The highest BCUT2D eigenvalue weighted by molar-refractivity contribution is 6.17. The van der Waals surface area contributed by atoms with Gasteiger partial charge >= 0.3 is 0 Å². The molecule has 0 aromatic carbocycles. The Morgan fingerprint density at radius 1 is 1.00 bits per heavy atom. The van der Waals surface area contributed by atoms with Crippen LogP contribution in [-0.4, -0.2) is 54.3 Å². The average molecular weight is 263 g/mol. The van der Waals surface area contributed by atoms with Crippen LogP contribution in [0.25, 0.3) is 0 Å². The molecule has 17 heavy (non-hydrogen) atoms. The standard InChI is InChI=1S/C13H27ClN2O/c1-4-15(5-2)11-8-12-16(6-3)13(17)9-7-10-14/h4-12H2,1-3H3. The molecule has 0 unspecified atom stereocenters. The summed E-state index contributed by atoms with van der Waals surface area (Å²) >= 11 is 5.60. The SMILES string of the molecule is CCN(CC)CCCN(CC)C(=O)CCCCl. The Labute approximate surface area is 111 Å². The van der Waals surface area contributed by atoms with Gasteiger partial charge in [-0.2, -0.15) is 0 Å². The molecule has 0 saturated heterocycles. The Balaban J connectivity index is 3.84. The molecule has 0 aromatic rings. The molecular weight excluding hydrogens is 236 g/mol. The molecular formula is C13H27ClN2O. The molecule has 4 heteroatoms. The highest BCUT2D eigenvalue weighted by Gasteiger charge is 2.10. The van der Waals surface area contributed by atoms with Gasteiger partial charge in [-0.1, -0.05) is 13.8 Å². The number of hydrogen-bond donors (Lipinski definition) is 0. The third-order valence-corrected chi connectivity index (χ3v) is 3.32. The van der Waals surface area contributed by atoms with Gasteiger partial charge < -0.3 is 9.80 Å². The average Bonchev–Trinajstić information content (AvgIpc) is 2.36. The predicted molar refractivity (Wildman–Crippen MR) is 74.6 cm³/mol. The predicted octanol–water partition coefficient (Wildman–Crippen LogP) is 2.59.